The molecule has 3 N–H and O–H groups in total. The third-order valence-electron chi connectivity index (χ3n) is 5.99. The summed E-state index contributed by atoms with van der Waals surface area (Å²) >= 11 is 0. The van der Waals surface area contributed by atoms with E-state index in [1.807, 2.05) is 6.07 Å². The number of nitrogens with zero attached hydrogens (tertiary/aromatic N) is 1. The number of methoxy groups -OCH3 is 3. The SMILES string of the molecule is C=CCc1cc(/C=N\NC(=O)COc2ccc([C@@H]3NC(=O)NC(C)=C3C(=O)OCC)cc2OC)cc(OC)c1OC. The molecule has 1 heterocycles. The molecule has 0 bridgehead atoms. The van der Waals surface area contributed by atoms with Crippen LogP contribution in [0.5, 0.6) is 23.0 Å². The van der Waals surface area contributed by atoms with Crippen molar-refractivity contribution in [2.45, 2.75) is 26.3 Å². The van der Waals surface area contributed by atoms with Gasteiger partial charge in [-0.15, -0.1) is 6.58 Å². The van der Waals surface area contributed by atoms with Crippen LogP contribution in [0.3, 0.4) is 0 Å². The summed E-state index contributed by atoms with van der Waals surface area (Å²) in [6.45, 7) is 6.92. The minimum atomic E-state index is -0.771. The highest BCUT2D eigenvalue weighted by molar-refractivity contribution is 5.95. The second-order valence-electron chi connectivity index (χ2n) is 8.69. The van der Waals surface area contributed by atoms with E-state index in [2.05, 4.69) is 27.7 Å². The number of esters is 1. The Balaban J connectivity index is 1.69. The van der Waals surface area contributed by atoms with E-state index >= 15 is 0 Å². The lowest BCUT2D eigenvalue weighted by molar-refractivity contribution is -0.139. The summed E-state index contributed by atoms with van der Waals surface area (Å²) in [4.78, 5) is 37.1. The summed E-state index contributed by atoms with van der Waals surface area (Å²) in [6.07, 6.45) is 3.79. The minimum absolute atomic E-state index is 0.184. The molecule has 0 spiro atoms. The van der Waals surface area contributed by atoms with Crippen LogP contribution in [0.15, 0.2) is 59.4 Å². The fourth-order valence-corrected chi connectivity index (χ4v) is 4.21. The zero-order valence-electron chi connectivity index (χ0n) is 23.7. The van der Waals surface area contributed by atoms with E-state index in [0.29, 0.717) is 40.5 Å². The first-order chi connectivity index (χ1) is 19.8. The van der Waals surface area contributed by atoms with Gasteiger partial charge in [0.2, 0.25) is 0 Å². The highest BCUT2D eigenvalue weighted by Gasteiger charge is 2.32. The number of rotatable bonds is 13. The van der Waals surface area contributed by atoms with E-state index in [9.17, 15) is 14.4 Å². The molecule has 3 amide bonds. The molecule has 3 rings (SSSR count). The summed E-state index contributed by atoms with van der Waals surface area (Å²) in [5.41, 5.74) is 5.19. The molecule has 2 aromatic carbocycles. The van der Waals surface area contributed by atoms with E-state index < -0.39 is 23.9 Å². The molecule has 0 saturated carbocycles. The molecule has 0 radical (unpaired) electrons. The van der Waals surface area contributed by atoms with E-state index in [4.69, 9.17) is 23.7 Å². The van der Waals surface area contributed by atoms with Crippen LogP contribution in [-0.2, 0) is 20.7 Å². The maximum Gasteiger partial charge on any atom is 0.338 e. The standard InChI is InChI=1S/C29H34N4O8/c1-7-9-20-12-18(13-23(38-5)27(20)39-6)15-30-33-24(34)16-41-21-11-10-19(14-22(21)37-4)26-25(28(35)40-8-2)17(3)31-29(36)32-26/h7,10-15,26H,1,8-9,16H2,2-6H3,(H,33,34)(H2,31,32,36)/b30-15-/t26-/m0/s1. The van der Waals surface area contributed by atoms with Gasteiger partial charge in [-0.3, -0.25) is 4.79 Å². The molecule has 12 heteroatoms. The van der Waals surface area contributed by atoms with Crippen molar-refractivity contribution in [3.05, 3.63) is 70.9 Å². The molecule has 0 unspecified atom stereocenters. The molecule has 0 aliphatic carbocycles. The molecule has 0 aromatic heterocycles. The van der Waals surface area contributed by atoms with Crippen molar-refractivity contribution in [1.29, 1.82) is 0 Å². The minimum Gasteiger partial charge on any atom is -0.493 e. The van der Waals surface area contributed by atoms with Crippen LogP contribution in [0.2, 0.25) is 0 Å². The Hall–Kier alpha value is -5.00. The third kappa shape index (κ3) is 7.56. The van der Waals surface area contributed by atoms with Gasteiger partial charge >= 0.3 is 12.0 Å². The highest BCUT2D eigenvalue weighted by atomic mass is 16.5. The summed E-state index contributed by atoms with van der Waals surface area (Å²) < 4.78 is 27.1. The van der Waals surface area contributed by atoms with E-state index in [-0.39, 0.29) is 24.5 Å². The number of carbonyl (C=O) groups excluding carboxylic acids is 3. The Morgan fingerprint density at radius 2 is 1.83 bits per heavy atom. The van der Waals surface area contributed by atoms with Gasteiger partial charge in [-0.05, 0) is 55.7 Å². The van der Waals surface area contributed by atoms with Gasteiger partial charge in [0.1, 0.15) is 0 Å². The van der Waals surface area contributed by atoms with Gasteiger partial charge in [-0.25, -0.2) is 15.0 Å². The van der Waals surface area contributed by atoms with Crippen molar-refractivity contribution in [3.63, 3.8) is 0 Å². The van der Waals surface area contributed by atoms with E-state index in [0.717, 1.165) is 5.56 Å². The van der Waals surface area contributed by atoms with Gasteiger partial charge in [0.15, 0.2) is 29.6 Å². The lowest BCUT2D eigenvalue weighted by atomic mass is 9.95. The second kappa shape index (κ2) is 14.4. The number of urea groups is 1. The largest absolute Gasteiger partial charge is 0.493 e. The Kier molecular flexibility index (Phi) is 10.7. The van der Waals surface area contributed by atoms with Gasteiger partial charge in [-0.2, -0.15) is 5.10 Å². The van der Waals surface area contributed by atoms with E-state index in [1.54, 1.807) is 51.3 Å². The van der Waals surface area contributed by atoms with Crippen LogP contribution in [0.1, 0.15) is 36.6 Å². The second-order valence-corrected chi connectivity index (χ2v) is 8.69. The molecular formula is C29H34N4O8. The van der Waals surface area contributed by atoms with Gasteiger partial charge < -0.3 is 34.3 Å². The predicted octanol–water partition coefficient (Wildman–Crippen LogP) is 3.16. The number of nitrogens with one attached hydrogen (secondary N) is 3. The molecular weight excluding hydrogens is 532 g/mol. The Labute approximate surface area is 238 Å². The Morgan fingerprint density at radius 3 is 2.49 bits per heavy atom. The number of ether oxygens (including phenoxy) is 5. The summed E-state index contributed by atoms with van der Waals surface area (Å²) in [6, 6.07) is 7.23. The maximum atomic E-state index is 12.6. The van der Waals surface area contributed by atoms with Crippen molar-refractivity contribution < 1.29 is 38.1 Å². The molecule has 41 heavy (non-hydrogen) atoms. The molecule has 1 aliphatic rings. The van der Waals surface area contributed by atoms with Crippen molar-refractivity contribution in [1.82, 2.24) is 16.1 Å². The van der Waals surface area contributed by atoms with Gasteiger partial charge in [0.25, 0.3) is 5.91 Å². The normalized spacial score (nSPS) is 14.6. The first-order valence-electron chi connectivity index (χ1n) is 12.7. The number of hydrogen-bond donors (Lipinski definition) is 3. The third-order valence-corrected chi connectivity index (χ3v) is 5.99. The lowest BCUT2D eigenvalue weighted by Gasteiger charge is -2.28. The average molecular weight is 567 g/mol. The van der Waals surface area contributed by atoms with Gasteiger partial charge in [0, 0.05) is 11.3 Å². The Morgan fingerprint density at radius 1 is 1.07 bits per heavy atom. The van der Waals surface area contributed by atoms with E-state index in [1.165, 1.54) is 20.4 Å². The van der Waals surface area contributed by atoms with Crippen LogP contribution in [0.4, 0.5) is 4.79 Å². The smallest absolute Gasteiger partial charge is 0.338 e. The van der Waals surface area contributed by atoms with Crippen molar-refractivity contribution in [2.75, 3.05) is 34.5 Å². The molecule has 0 saturated heterocycles. The summed E-state index contributed by atoms with van der Waals surface area (Å²) in [5.74, 6) is 0.655. The van der Waals surface area contributed by atoms with Crippen LogP contribution in [0.25, 0.3) is 0 Å². The predicted molar refractivity (Wildman–Crippen MR) is 151 cm³/mol. The van der Waals surface area contributed by atoms with Crippen molar-refractivity contribution >= 4 is 24.1 Å². The fourth-order valence-electron chi connectivity index (χ4n) is 4.21. The lowest BCUT2D eigenvalue weighted by Crippen LogP contribution is -2.45. The zero-order valence-corrected chi connectivity index (χ0v) is 23.7. The number of hydrazone groups is 1. The van der Waals surface area contributed by atoms with Crippen molar-refractivity contribution in [2.24, 2.45) is 5.10 Å². The highest BCUT2D eigenvalue weighted by Crippen LogP contribution is 2.35. The van der Waals surface area contributed by atoms with Gasteiger partial charge in [0.05, 0.1) is 45.8 Å². The zero-order chi connectivity index (χ0) is 29.9. The van der Waals surface area contributed by atoms with Crippen LogP contribution in [-0.4, -0.2) is 58.7 Å². The molecule has 1 aliphatic heterocycles. The number of hydrogen-bond acceptors (Lipinski definition) is 9. The van der Waals surface area contributed by atoms with Crippen LogP contribution < -0.4 is 35.0 Å². The molecule has 218 valence electrons. The summed E-state index contributed by atoms with van der Waals surface area (Å²) in [5, 5.41) is 9.32. The number of amides is 3. The van der Waals surface area contributed by atoms with Gasteiger partial charge in [-0.1, -0.05) is 12.1 Å². The molecule has 1 atom stereocenters. The topological polar surface area (TPSA) is 146 Å². The number of allylic oxidation sites excluding steroid dienone is 2. The quantitative estimate of drug-likeness (QED) is 0.145. The fraction of sp³-hybridized carbons (Fsp3) is 0.310. The molecule has 12 nitrogen and oxygen atoms in total. The van der Waals surface area contributed by atoms with Crippen LogP contribution in [0, 0.1) is 0 Å². The van der Waals surface area contributed by atoms with Crippen molar-refractivity contribution in [3.8, 4) is 23.0 Å². The monoisotopic (exact) mass is 566 g/mol. The summed E-state index contributed by atoms with van der Waals surface area (Å²) in [7, 11) is 4.54. The molecule has 2 aromatic rings. The Bertz CT molecular complexity index is 1370. The first kappa shape index (κ1) is 30.5. The first-order valence-corrected chi connectivity index (χ1v) is 12.7. The number of benzene rings is 2. The number of carbonyl (C=O) groups is 3. The van der Waals surface area contributed by atoms with Crippen LogP contribution >= 0.6 is 0 Å². The maximum absolute atomic E-state index is 12.6. The molecule has 0 fully saturated rings. The average Bonchev–Trinajstić information content (AvgIpc) is 2.95.